The highest BCUT2D eigenvalue weighted by molar-refractivity contribution is 5.54. The molecular formula is C5H12N4. The molecule has 0 aromatic rings. The first-order valence-electron chi connectivity index (χ1n) is 2.70. The summed E-state index contributed by atoms with van der Waals surface area (Å²) in [7, 11) is 0. The van der Waals surface area contributed by atoms with Gasteiger partial charge in [-0.05, 0) is 20.8 Å². The predicted octanol–water partition coefficient (Wildman–Crippen LogP) is 1.14. The van der Waals surface area contributed by atoms with Crippen molar-refractivity contribution < 1.29 is 0 Å². The Bertz CT molecular complexity index is 119. The second-order valence-electron chi connectivity index (χ2n) is 2.65. The lowest BCUT2D eigenvalue weighted by Gasteiger charge is -2.08. The molecule has 0 spiro atoms. The molecule has 0 fully saturated rings. The molecule has 2 N–H and O–H groups in total. The topological polar surface area (TPSA) is 63.1 Å². The predicted molar refractivity (Wildman–Crippen MR) is 37.3 cm³/mol. The third-order valence-corrected chi connectivity index (χ3v) is 0.563. The highest BCUT2D eigenvalue weighted by atomic mass is 15.3. The first kappa shape index (κ1) is 8.07. The van der Waals surface area contributed by atoms with Crippen molar-refractivity contribution in [2.75, 3.05) is 0 Å². The summed E-state index contributed by atoms with van der Waals surface area (Å²) in [6.07, 6.45) is 1.35. The van der Waals surface area contributed by atoms with E-state index in [1.165, 1.54) is 6.34 Å². The molecule has 0 radical (unpaired) electrons. The average molecular weight is 128 g/mol. The van der Waals surface area contributed by atoms with E-state index in [1.807, 2.05) is 20.8 Å². The lowest BCUT2D eigenvalue weighted by Crippen LogP contribution is -2.08. The van der Waals surface area contributed by atoms with Gasteiger partial charge in [-0.3, -0.25) is 4.99 Å². The van der Waals surface area contributed by atoms with Crippen LogP contribution in [0.4, 0.5) is 0 Å². The third-order valence-electron chi connectivity index (χ3n) is 0.563. The number of hydrogen-bond donors (Lipinski definition) is 1. The van der Waals surface area contributed by atoms with E-state index in [2.05, 4.69) is 15.3 Å². The van der Waals surface area contributed by atoms with Crippen LogP contribution in [-0.4, -0.2) is 11.9 Å². The molecule has 0 amide bonds. The quantitative estimate of drug-likeness (QED) is 0.186. The largest absolute Gasteiger partial charge is 0.305 e. The Kier molecular flexibility index (Phi) is 2.84. The Hall–Kier alpha value is -0.930. The lowest BCUT2D eigenvalue weighted by atomic mass is 10.1. The van der Waals surface area contributed by atoms with E-state index in [-0.39, 0.29) is 5.54 Å². The minimum atomic E-state index is -0.0891. The van der Waals surface area contributed by atoms with Crippen LogP contribution in [0.2, 0.25) is 0 Å². The second-order valence-corrected chi connectivity index (χ2v) is 2.65. The second kappa shape index (κ2) is 3.17. The summed E-state index contributed by atoms with van der Waals surface area (Å²) in [6, 6.07) is 0. The molecule has 0 atom stereocenters. The maximum absolute atomic E-state index is 4.72. The van der Waals surface area contributed by atoms with E-state index in [0.29, 0.717) is 0 Å². The van der Waals surface area contributed by atoms with Crippen LogP contribution in [0.1, 0.15) is 20.8 Å². The summed E-state index contributed by atoms with van der Waals surface area (Å²) < 4.78 is 0. The van der Waals surface area contributed by atoms with E-state index in [4.69, 9.17) is 5.84 Å². The summed E-state index contributed by atoms with van der Waals surface area (Å²) in [6.45, 7) is 5.90. The van der Waals surface area contributed by atoms with Crippen molar-refractivity contribution in [3.05, 3.63) is 0 Å². The molecule has 0 aliphatic carbocycles. The van der Waals surface area contributed by atoms with Crippen molar-refractivity contribution in [3.63, 3.8) is 0 Å². The molecular weight excluding hydrogens is 116 g/mol. The molecule has 0 saturated heterocycles. The van der Waals surface area contributed by atoms with E-state index in [0.717, 1.165) is 0 Å². The monoisotopic (exact) mass is 128 g/mol. The Balaban J connectivity index is 3.71. The van der Waals surface area contributed by atoms with Gasteiger partial charge in [-0.2, -0.15) is 0 Å². The van der Waals surface area contributed by atoms with Crippen LogP contribution in [0.15, 0.2) is 15.3 Å². The van der Waals surface area contributed by atoms with Gasteiger partial charge in [0.1, 0.15) is 6.34 Å². The van der Waals surface area contributed by atoms with E-state index in [1.54, 1.807) is 0 Å². The van der Waals surface area contributed by atoms with Crippen LogP contribution in [-0.2, 0) is 0 Å². The van der Waals surface area contributed by atoms with Crippen LogP contribution >= 0.6 is 0 Å². The van der Waals surface area contributed by atoms with Crippen molar-refractivity contribution in [3.8, 4) is 0 Å². The molecule has 0 aliphatic rings. The number of aliphatic imine (C=N–C) groups is 1. The zero-order valence-corrected chi connectivity index (χ0v) is 6.00. The number of nitrogens with zero attached hydrogens (tertiary/aromatic N) is 3. The fourth-order valence-electron chi connectivity index (χ4n) is 0.229. The molecule has 0 heterocycles. The molecule has 0 bridgehead atoms. The SMILES string of the molecule is CC(C)(C)N=CN=NN. The van der Waals surface area contributed by atoms with Gasteiger partial charge in [0.25, 0.3) is 0 Å². The van der Waals surface area contributed by atoms with Gasteiger partial charge in [-0.25, -0.2) is 0 Å². The van der Waals surface area contributed by atoms with Crippen LogP contribution in [0, 0.1) is 0 Å². The summed E-state index contributed by atoms with van der Waals surface area (Å²) in [5, 5.41) is 6.38. The summed E-state index contributed by atoms with van der Waals surface area (Å²) in [5.41, 5.74) is -0.0891. The fourth-order valence-corrected chi connectivity index (χ4v) is 0.229. The Morgan fingerprint density at radius 2 is 1.89 bits per heavy atom. The van der Waals surface area contributed by atoms with E-state index < -0.39 is 0 Å². The lowest BCUT2D eigenvalue weighted by molar-refractivity contribution is 0.585. The molecule has 4 heteroatoms. The minimum absolute atomic E-state index is 0.0891. The number of nitrogens with two attached hydrogens (primary N) is 1. The molecule has 0 rings (SSSR count). The summed E-state index contributed by atoms with van der Waals surface area (Å²) >= 11 is 0. The van der Waals surface area contributed by atoms with Gasteiger partial charge in [-0.1, -0.05) is 5.22 Å². The maximum Gasteiger partial charge on any atom is 0.135 e. The molecule has 0 aliphatic heterocycles. The minimum Gasteiger partial charge on any atom is -0.305 e. The van der Waals surface area contributed by atoms with Crippen molar-refractivity contribution in [1.29, 1.82) is 0 Å². The van der Waals surface area contributed by atoms with Crippen molar-refractivity contribution in [2.24, 2.45) is 21.2 Å². The normalized spacial score (nSPS) is 13.7. The van der Waals surface area contributed by atoms with Gasteiger partial charge in [0.05, 0.1) is 5.54 Å². The maximum atomic E-state index is 4.72. The average Bonchev–Trinajstić information content (AvgIpc) is 1.63. The molecule has 4 nitrogen and oxygen atoms in total. The zero-order valence-electron chi connectivity index (χ0n) is 6.00. The highest BCUT2D eigenvalue weighted by Gasteiger charge is 2.03. The Labute approximate surface area is 54.9 Å². The summed E-state index contributed by atoms with van der Waals surface area (Å²) in [4.78, 5) is 3.98. The fraction of sp³-hybridized carbons (Fsp3) is 0.800. The van der Waals surface area contributed by atoms with Crippen LogP contribution < -0.4 is 5.84 Å². The number of rotatable bonds is 1. The Morgan fingerprint density at radius 3 is 2.22 bits per heavy atom. The van der Waals surface area contributed by atoms with Crippen molar-refractivity contribution >= 4 is 6.34 Å². The van der Waals surface area contributed by atoms with Gasteiger partial charge in [-0.15, -0.1) is 5.11 Å². The van der Waals surface area contributed by atoms with Gasteiger partial charge >= 0.3 is 0 Å². The number of hydrogen-bond acceptors (Lipinski definition) is 2. The highest BCUT2D eigenvalue weighted by Crippen LogP contribution is 2.03. The first-order valence-corrected chi connectivity index (χ1v) is 2.70. The van der Waals surface area contributed by atoms with Gasteiger partial charge < -0.3 is 5.84 Å². The van der Waals surface area contributed by atoms with Crippen molar-refractivity contribution in [2.45, 2.75) is 26.3 Å². The van der Waals surface area contributed by atoms with Gasteiger partial charge in [0.2, 0.25) is 0 Å². The first-order chi connectivity index (χ1) is 4.06. The molecule has 0 unspecified atom stereocenters. The van der Waals surface area contributed by atoms with Gasteiger partial charge in [0, 0.05) is 0 Å². The molecule has 9 heavy (non-hydrogen) atoms. The van der Waals surface area contributed by atoms with Crippen LogP contribution in [0.3, 0.4) is 0 Å². The molecule has 0 aromatic heterocycles. The van der Waals surface area contributed by atoms with E-state index in [9.17, 15) is 0 Å². The smallest absolute Gasteiger partial charge is 0.135 e. The molecule has 0 aromatic carbocycles. The van der Waals surface area contributed by atoms with Gasteiger partial charge in [0.15, 0.2) is 0 Å². The van der Waals surface area contributed by atoms with Crippen LogP contribution in [0.5, 0.6) is 0 Å². The molecule has 52 valence electrons. The third kappa shape index (κ3) is 7.07. The standard InChI is InChI=1S/C5H12N4/c1-5(2,3)7-4-8-9-6/h4H,1-3H3,(H2,6,7,8). The Morgan fingerprint density at radius 1 is 1.33 bits per heavy atom. The molecule has 0 saturated carbocycles. The van der Waals surface area contributed by atoms with Crippen molar-refractivity contribution in [1.82, 2.24) is 0 Å². The van der Waals surface area contributed by atoms with E-state index >= 15 is 0 Å². The zero-order chi connectivity index (χ0) is 7.33. The summed E-state index contributed by atoms with van der Waals surface area (Å²) in [5.74, 6) is 4.72. The van der Waals surface area contributed by atoms with Crippen LogP contribution in [0.25, 0.3) is 0 Å².